The van der Waals surface area contributed by atoms with Gasteiger partial charge in [-0.05, 0) is 43.9 Å². The maximum absolute atomic E-state index is 10.8. The molecule has 15 heavy (non-hydrogen) atoms. The van der Waals surface area contributed by atoms with E-state index in [1.54, 1.807) is 0 Å². The summed E-state index contributed by atoms with van der Waals surface area (Å²) in [5.74, 6) is 1.17. The Kier molecular flexibility index (Phi) is 2.33. The third kappa shape index (κ3) is 1.38. The SMILES string of the molecule is O[C@H]1C2CCCC1[C@@]1(O)CCCCC1C2. The van der Waals surface area contributed by atoms with Crippen molar-refractivity contribution < 1.29 is 10.2 Å². The van der Waals surface area contributed by atoms with E-state index in [2.05, 4.69) is 0 Å². The standard InChI is InChI=1S/C13H22O2/c14-12-9-4-3-6-11(12)13(15)7-2-1-5-10(13)8-9/h9-12,14-15H,1-8H2/t9?,10?,11?,12-,13+/m0/s1. The summed E-state index contributed by atoms with van der Waals surface area (Å²) in [6.45, 7) is 0. The van der Waals surface area contributed by atoms with Gasteiger partial charge in [-0.15, -0.1) is 0 Å². The lowest BCUT2D eigenvalue weighted by Gasteiger charge is -2.55. The van der Waals surface area contributed by atoms with Gasteiger partial charge in [-0.1, -0.05) is 19.3 Å². The Labute approximate surface area is 91.7 Å². The van der Waals surface area contributed by atoms with Gasteiger partial charge in [-0.3, -0.25) is 0 Å². The summed E-state index contributed by atoms with van der Waals surface area (Å²) in [4.78, 5) is 0. The average Bonchev–Trinajstić information content (AvgIpc) is 2.21. The van der Waals surface area contributed by atoms with Crippen LogP contribution in [0.3, 0.4) is 0 Å². The second-order valence-corrected chi connectivity index (χ2v) is 5.96. The number of hydrogen-bond acceptors (Lipinski definition) is 2. The molecule has 0 aromatic heterocycles. The minimum atomic E-state index is -0.505. The molecule has 0 aliphatic heterocycles. The first-order valence-electron chi connectivity index (χ1n) is 6.62. The zero-order valence-corrected chi connectivity index (χ0v) is 9.36. The fourth-order valence-electron chi connectivity index (χ4n) is 4.50. The van der Waals surface area contributed by atoms with Crippen molar-refractivity contribution in [2.75, 3.05) is 0 Å². The largest absolute Gasteiger partial charge is 0.392 e. The molecule has 2 bridgehead atoms. The molecule has 0 radical (unpaired) electrons. The Balaban J connectivity index is 1.90. The lowest BCUT2D eigenvalue weighted by molar-refractivity contribution is -0.191. The molecule has 3 saturated carbocycles. The number of aliphatic hydroxyl groups excluding tert-OH is 1. The van der Waals surface area contributed by atoms with Crippen molar-refractivity contribution in [3.63, 3.8) is 0 Å². The highest BCUT2D eigenvalue weighted by Gasteiger charge is 2.54. The van der Waals surface area contributed by atoms with Gasteiger partial charge in [0, 0.05) is 5.92 Å². The molecule has 2 nitrogen and oxygen atoms in total. The van der Waals surface area contributed by atoms with Crippen molar-refractivity contribution in [3.8, 4) is 0 Å². The average molecular weight is 210 g/mol. The lowest BCUT2D eigenvalue weighted by Crippen LogP contribution is -2.59. The Morgan fingerprint density at radius 1 is 1.00 bits per heavy atom. The first-order chi connectivity index (χ1) is 7.22. The van der Waals surface area contributed by atoms with Crippen LogP contribution in [-0.4, -0.2) is 21.9 Å². The maximum Gasteiger partial charge on any atom is 0.0728 e. The molecule has 0 aromatic carbocycles. The smallest absolute Gasteiger partial charge is 0.0728 e. The van der Waals surface area contributed by atoms with Gasteiger partial charge >= 0.3 is 0 Å². The van der Waals surface area contributed by atoms with Crippen LogP contribution in [0.2, 0.25) is 0 Å². The molecule has 2 heteroatoms. The molecule has 3 rings (SSSR count). The molecule has 0 spiro atoms. The monoisotopic (exact) mass is 210 g/mol. The highest BCUT2D eigenvalue weighted by Crippen LogP contribution is 2.53. The predicted molar refractivity (Wildman–Crippen MR) is 58.4 cm³/mol. The molecule has 86 valence electrons. The van der Waals surface area contributed by atoms with Gasteiger partial charge in [0.15, 0.2) is 0 Å². The quantitative estimate of drug-likeness (QED) is 0.642. The molecule has 3 aliphatic carbocycles. The molecule has 3 aliphatic rings. The molecule has 5 atom stereocenters. The Hall–Kier alpha value is -0.0800. The summed E-state index contributed by atoms with van der Waals surface area (Å²) >= 11 is 0. The maximum atomic E-state index is 10.8. The zero-order valence-electron chi connectivity index (χ0n) is 9.36. The fourth-order valence-corrected chi connectivity index (χ4v) is 4.50. The van der Waals surface area contributed by atoms with Crippen LogP contribution in [0.4, 0.5) is 0 Å². The summed E-state index contributed by atoms with van der Waals surface area (Å²) in [6.07, 6.45) is 8.87. The van der Waals surface area contributed by atoms with Crippen LogP contribution in [0.5, 0.6) is 0 Å². The Bertz CT molecular complexity index is 253. The lowest BCUT2D eigenvalue weighted by atomic mass is 9.54. The van der Waals surface area contributed by atoms with E-state index in [1.165, 1.54) is 25.7 Å². The molecule has 3 unspecified atom stereocenters. The van der Waals surface area contributed by atoms with Crippen LogP contribution in [0, 0.1) is 17.8 Å². The fraction of sp³-hybridized carbons (Fsp3) is 1.00. The third-order valence-corrected chi connectivity index (χ3v) is 5.30. The van der Waals surface area contributed by atoms with E-state index in [4.69, 9.17) is 0 Å². The van der Waals surface area contributed by atoms with Gasteiger partial charge in [0.2, 0.25) is 0 Å². The van der Waals surface area contributed by atoms with Crippen LogP contribution >= 0.6 is 0 Å². The topological polar surface area (TPSA) is 40.5 Å². The van der Waals surface area contributed by atoms with Crippen molar-refractivity contribution in [2.24, 2.45) is 17.8 Å². The van der Waals surface area contributed by atoms with E-state index < -0.39 is 5.60 Å². The Morgan fingerprint density at radius 2 is 1.87 bits per heavy atom. The van der Waals surface area contributed by atoms with Crippen LogP contribution < -0.4 is 0 Å². The first kappa shape index (κ1) is 10.1. The van der Waals surface area contributed by atoms with E-state index in [0.717, 1.165) is 25.7 Å². The van der Waals surface area contributed by atoms with Gasteiger partial charge in [0.05, 0.1) is 11.7 Å². The molecule has 0 aromatic rings. The van der Waals surface area contributed by atoms with Gasteiger partial charge in [0.25, 0.3) is 0 Å². The van der Waals surface area contributed by atoms with E-state index in [0.29, 0.717) is 11.8 Å². The first-order valence-corrected chi connectivity index (χ1v) is 6.62. The predicted octanol–water partition coefficient (Wildman–Crippen LogP) is 2.09. The number of fused-ring (bicyclic) bond motifs is 4. The number of aliphatic hydroxyl groups is 2. The number of hydrogen-bond donors (Lipinski definition) is 2. The Morgan fingerprint density at radius 3 is 2.73 bits per heavy atom. The summed E-state index contributed by atoms with van der Waals surface area (Å²) in [5, 5.41) is 21.0. The van der Waals surface area contributed by atoms with E-state index >= 15 is 0 Å². The summed E-state index contributed by atoms with van der Waals surface area (Å²) in [5.41, 5.74) is -0.505. The van der Waals surface area contributed by atoms with Crippen LogP contribution in [0.15, 0.2) is 0 Å². The van der Waals surface area contributed by atoms with Crippen molar-refractivity contribution in [2.45, 2.75) is 63.1 Å². The molecule has 0 saturated heterocycles. The summed E-state index contributed by atoms with van der Waals surface area (Å²) in [6, 6.07) is 0. The van der Waals surface area contributed by atoms with Gasteiger partial charge < -0.3 is 10.2 Å². The second kappa shape index (κ2) is 3.46. The second-order valence-electron chi connectivity index (χ2n) is 5.96. The van der Waals surface area contributed by atoms with Gasteiger partial charge in [-0.25, -0.2) is 0 Å². The minimum absolute atomic E-state index is 0.190. The van der Waals surface area contributed by atoms with Gasteiger partial charge in [0.1, 0.15) is 0 Å². The molecule has 2 N–H and O–H groups in total. The third-order valence-electron chi connectivity index (χ3n) is 5.30. The van der Waals surface area contributed by atoms with Crippen molar-refractivity contribution in [1.29, 1.82) is 0 Å². The zero-order chi connectivity index (χ0) is 10.5. The highest BCUT2D eigenvalue weighted by atomic mass is 16.3. The van der Waals surface area contributed by atoms with E-state index in [1.807, 2.05) is 0 Å². The molecule has 0 amide bonds. The summed E-state index contributed by atoms with van der Waals surface area (Å²) in [7, 11) is 0. The molecular weight excluding hydrogens is 188 g/mol. The van der Waals surface area contributed by atoms with Crippen molar-refractivity contribution in [1.82, 2.24) is 0 Å². The molecular formula is C13H22O2. The van der Waals surface area contributed by atoms with Crippen LogP contribution in [-0.2, 0) is 0 Å². The van der Waals surface area contributed by atoms with Crippen LogP contribution in [0.25, 0.3) is 0 Å². The molecule has 3 fully saturated rings. The van der Waals surface area contributed by atoms with Crippen molar-refractivity contribution in [3.05, 3.63) is 0 Å². The highest BCUT2D eigenvalue weighted by molar-refractivity contribution is 5.05. The molecule has 0 heterocycles. The number of rotatable bonds is 0. The normalized spacial score (nSPS) is 54.8. The van der Waals surface area contributed by atoms with E-state index in [-0.39, 0.29) is 12.0 Å². The van der Waals surface area contributed by atoms with Gasteiger partial charge in [-0.2, -0.15) is 0 Å². The minimum Gasteiger partial charge on any atom is -0.392 e. The van der Waals surface area contributed by atoms with E-state index in [9.17, 15) is 10.2 Å². The summed E-state index contributed by atoms with van der Waals surface area (Å²) < 4.78 is 0. The van der Waals surface area contributed by atoms with Crippen LogP contribution in [0.1, 0.15) is 51.4 Å². The van der Waals surface area contributed by atoms with Crippen molar-refractivity contribution >= 4 is 0 Å².